The van der Waals surface area contributed by atoms with E-state index in [-0.39, 0.29) is 29.3 Å². The van der Waals surface area contributed by atoms with Crippen molar-refractivity contribution in [1.29, 1.82) is 0 Å². The van der Waals surface area contributed by atoms with E-state index in [0.29, 0.717) is 23.2 Å². The molecule has 176 valence electrons. The van der Waals surface area contributed by atoms with Gasteiger partial charge >= 0.3 is 5.97 Å². The SMILES string of the molecule is C=CCn1c(CNC(=O)c2ccccc2F)nnc1SCC(=O)Nc1ccccc1C(=O)OC. The van der Waals surface area contributed by atoms with E-state index in [1.165, 1.54) is 25.3 Å². The molecule has 0 radical (unpaired) electrons. The van der Waals surface area contributed by atoms with Gasteiger partial charge in [0.1, 0.15) is 5.82 Å². The van der Waals surface area contributed by atoms with Gasteiger partial charge in [0.15, 0.2) is 11.0 Å². The van der Waals surface area contributed by atoms with Crippen LogP contribution in [0.1, 0.15) is 26.5 Å². The van der Waals surface area contributed by atoms with Crippen LogP contribution in [0.4, 0.5) is 10.1 Å². The predicted octanol–water partition coefficient (Wildman–Crippen LogP) is 3.05. The molecule has 34 heavy (non-hydrogen) atoms. The van der Waals surface area contributed by atoms with E-state index in [0.717, 1.165) is 11.8 Å². The second kappa shape index (κ2) is 11.8. The molecule has 2 aromatic carbocycles. The van der Waals surface area contributed by atoms with Crippen molar-refractivity contribution >= 4 is 35.2 Å². The molecule has 0 fully saturated rings. The lowest BCUT2D eigenvalue weighted by atomic mass is 10.2. The molecular weight excluding hydrogens is 461 g/mol. The molecule has 1 heterocycles. The number of methoxy groups -OCH3 is 1. The first-order chi connectivity index (χ1) is 16.4. The molecule has 3 rings (SSSR count). The number of nitrogens with one attached hydrogen (secondary N) is 2. The first-order valence-corrected chi connectivity index (χ1v) is 11.1. The van der Waals surface area contributed by atoms with Crippen molar-refractivity contribution < 1.29 is 23.5 Å². The Kier molecular flexibility index (Phi) is 8.52. The van der Waals surface area contributed by atoms with Crippen LogP contribution in [0.2, 0.25) is 0 Å². The molecule has 0 aliphatic rings. The van der Waals surface area contributed by atoms with E-state index >= 15 is 0 Å². The van der Waals surface area contributed by atoms with Gasteiger partial charge in [0.05, 0.1) is 36.2 Å². The van der Waals surface area contributed by atoms with Crippen LogP contribution in [-0.4, -0.2) is 45.4 Å². The van der Waals surface area contributed by atoms with Gasteiger partial charge in [-0.1, -0.05) is 42.1 Å². The molecule has 0 spiro atoms. The Bertz CT molecular complexity index is 1210. The van der Waals surface area contributed by atoms with E-state index in [1.807, 2.05) is 0 Å². The molecule has 0 aliphatic heterocycles. The highest BCUT2D eigenvalue weighted by Crippen LogP contribution is 2.20. The molecular formula is C23H22FN5O4S. The molecule has 0 unspecified atom stereocenters. The van der Waals surface area contributed by atoms with Crippen LogP contribution in [0, 0.1) is 5.82 Å². The summed E-state index contributed by atoms with van der Waals surface area (Å²) >= 11 is 1.13. The molecule has 0 atom stereocenters. The number of benzene rings is 2. The van der Waals surface area contributed by atoms with E-state index in [4.69, 9.17) is 4.74 Å². The fourth-order valence-electron chi connectivity index (χ4n) is 2.97. The number of nitrogens with zero attached hydrogens (tertiary/aromatic N) is 3. The first-order valence-electron chi connectivity index (χ1n) is 10.1. The molecule has 0 saturated heterocycles. The Labute approximate surface area is 199 Å². The second-order valence-corrected chi connectivity index (χ2v) is 7.78. The number of hydrogen-bond acceptors (Lipinski definition) is 7. The monoisotopic (exact) mass is 483 g/mol. The Morgan fingerprint density at radius 2 is 1.82 bits per heavy atom. The predicted molar refractivity (Wildman–Crippen MR) is 125 cm³/mol. The summed E-state index contributed by atoms with van der Waals surface area (Å²) in [6.45, 7) is 4.06. The maximum Gasteiger partial charge on any atom is 0.339 e. The third-order valence-electron chi connectivity index (χ3n) is 4.57. The molecule has 1 aromatic heterocycles. The average Bonchev–Trinajstić information content (AvgIpc) is 3.23. The van der Waals surface area contributed by atoms with E-state index in [9.17, 15) is 18.8 Å². The number of amides is 2. The number of halogens is 1. The standard InChI is InChI=1S/C23H22FN5O4S/c1-3-12-29-19(13-25-21(31)15-8-4-6-10-17(15)24)27-28-23(29)34-14-20(30)26-18-11-7-5-9-16(18)22(32)33-2/h3-11H,1,12-14H2,2H3,(H,25,31)(H,26,30). The Morgan fingerprint density at radius 1 is 1.12 bits per heavy atom. The van der Waals surface area contributed by atoms with Crippen molar-refractivity contribution in [2.24, 2.45) is 0 Å². The summed E-state index contributed by atoms with van der Waals surface area (Å²) in [4.78, 5) is 36.6. The summed E-state index contributed by atoms with van der Waals surface area (Å²) in [5, 5.41) is 13.9. The number of ether oxygens (including phenoxy) is 1. The summed E-state index contributed by atoms with van der Waals surface area (Å²) < 4.78 is 20.2. The maximum absolute atomic E-state index is 13.8. The smallest absolute Gasteiger partial charge is 0.339 e. The van der Waals surface area contributed by atoms with Crippen molar-refractivity contribution in [3.63, 3.8) is 0 Å². The zero-order valence-corrected chi connectivity index (χ0v) is 19.1. The van der Waals surface area contributed by atoms with Gasteiger partial charge in [0.25, 0.3) is 5.91 Å². The summed E-state index contributed by atoms with van der Waals surface area (Å²) in [5.41, 5.74) is 0.505. The van der Waals surface area contributed by atoms with Gasteiger partial charge in [-0.3, -0.25) is 9.59 Å². The fraction of sp³-hybridized carbons (Fsp3) is 0.174. The largest absolute Gasteiger partial charge is 0.465 e. The zero-order valence-electron chi connectivity index (χ0n) is 18.3. The van der Waals surface area contributed by atoms with E-state index < -0.39 is 17.7 Å². The van der Waals surface area contributed by atoms with Crippen molar-refractivity contribution in [1.82, 2.24) is 20.1 Å². The Balaban J connectivity index is 1.64. The van der Waals surface area contributed by atoms with Gasteiger partial charge in [0.2, 0.25) is 5.91 Å². The number of aromatic nitrogens is 3. The third-order valence-corrected chi connectivity index (χ3v) is 5.54. The highest BCUT2D eigenvalue weighted by Gasteiger charge is 2.17. The lowest BCUT2D eigenvalue weighted by Gasteiger charge is -2.10. The number of carbonyl (C=O) groups is 3. The van der Waals surface area contributed by atoms with Crippen LogP contribution in [-0.2, 0) is 22.6 Å². The normalized spacial score (nSPS) is 10.4. The van der Waals surface area contributed by atoms with Crippen LogP contribution in [0.5, 0.6) is 0 Å². The zero-order chi connectivity index (χ0) is 24.5. The van der Waals surface area contributed by atoms with Gasteiger partial charge in [-0.15, -0.1) is 16.8 Å². The molecule has 3 aromatic rings. The van der Waals surface area contributed by atoms with Crippen molar-refractivity contribution in [2.45, 2.75) is 18.2 Å². The Morgan fingerprint density at radius 3 is 2.53 bits per heavy atom. The number of thioether (sulfide) groups is 1. The molecule has 11 heteroatoms. The Hall–Kier alpha value is -3.99. The van der Waals surface area contributed by atoms with E-state index in [1.54, 1.807) is 41.0 Å². The van der Waals surface area contributed by atoms with Gasteiger partial charge < -0.3 is 19.9 Å². The lowest BCUT2D eigenvalue weighted by Crippen LogP contribution is -2.25. The van der Waals surface area contributed by atoms with Crippen LogP contribution >= 0.6 is 11.8 Å². The molecule has 0 bridgehead atoms. The van der Waals surface area contributed by atoms with Crippen molar-refractivity contribution in [3.05, 3.63) is 84.0 Å². The minimum atomic E-state index is -0.622. The van der Waals surface area contributed by atoms with Crippen LogP contribution < -0.4 is 10.6 Å². The first kappa shape index (κ1) is 24.6. The number of esters is 1. The lowest BCUT2D eigenvalue weighted by molar-refractivity contribution is -0.113. The van der Waals surface area contributed by atoms with Crippen molar-refractivity contribution in [2.75, 3.05) is 18.2 Å². The molecule has 0 aliphatic carbocycles. The van der Waals surface area contributed by atoms with Crippen LogP contribution in [0.3, 0.4) is 0 Å². The van der Waals surface area contributed by atoms with Crippen LogP contribution in [0.15, 0.2) is 66.3 Å². The van der Waals surface area contributed by atoms with Crippen molar-refractivity contribution in [3.8, 4) is 0 Å². The number of allylic oxidation sites excluding steroid dienone is 1. The number of rotatable bonds is 10. The molecule has 0 saturated carbocycles. The summed E-state index contributed by atoms with van der Waals surface area (Å²) in [6, 6.07) is 12.2. The minimum Gasteiger partial charge on any atom is -0.465 e. The summed E-state index contributed by atoms with van der Waals surface area (Å²) in [7, 11) is 1.26. The number of anilines is 1. The average molecular weight is 484 g/mol. The topological polar surface area (TPSA) is 115 Å². The fourth-order valence-corrected chi connectivity index (χ4v) is 3.73. The highest BCUT2D eigenvalue weighted by atomic mass is 32.2. The van der Waals surface area contributed by atoms with Gasteiger partial charge in [-0.2, -0.15) is 0 Å². The third kappa shape index (κ3) is 6.07. The van der Waals surface area contributed by atoms with Gasteiger partial charge in [-0.05, 0) is 24.3 Å². The van der Waals surface area contributed by atoms with Gasteiger partial charge in [-0.25, -0.2) is 9.18 Å². The van der Waals surface area contributed by atoms with E-state index in [2.05, 4.69) is 27.4 Å². The number of hydrogen-bond donors (Lipinski definition) is 2. The summed E-state index contributed by atoms with van der Waals surface area (Å²) in [5.74, 6) is -1.71. The second-order valence-electron chi connectivity index (χ2n) is 6.83. The summed E-state index contributed by atoms with van der Waals surface area (Å²) in [6.07, 6.45) is 1.63. The highest BCUT2D eigenvalue weighted by molar-refractivity contribution is 7.99. The quantitative estimate of drug-likeness (QED) is 0.259. The molecule has 2 N–H and O–H groups in total. The van der Waals surface area contributed by atoms with Crippen LogP contribution in [0.25, 0.3) is 0 Å². The van der Waals surface area contributed by atoms with Gasteiger partial charge in [0, 0.05) is 6.54 Å². The number of para-hydroxylation sites is 1. The molecule has 2 amide bonds. The minimum absolute atomic E-state index is 0.00721. The number of carbonyl (C=O) groups excluding carboxylic acids is 3. The molecule has 9 nitrogen and oxygen atoms in total. The maximum atomic E-state index is 13.8.